The monoisotopic (exact) mass is 907 g/mol. The van der Waals surface area contributed by atoms with Crippen LogP contribution < -0.4 is 49.5 Å². The first kappa shape index (κ1) is 51.3. The molecule has 2 aliphatic rings. The Morgan fingerprint density at radius 3 is 2.26 bits per heavy atom. The highest BCUT2D eigenvalue weighted by molar-refractivity contribution is 5.97. The number of nitrogens with two attached hydrogens (primary N) is 4. The molecule has 0 spiro atoms. The normalized spacial score (nSPS) is 19.4. The number of amides is 8. The third kappa shape index (κ3) is 14.3. The van der Waals surface area contributed by atoms with Gasteiger partial charge in [0.25, 0.3) is 11.8 Å². The van der Waals surface area contributed by atoms with Crippen LogP contribution in [0, 0.1) is 0 Å². The van der Waals surface area contributed by atoms with Gasteiger partial charge in [-0.05, 0) is 80.5 Å². The number of nitrogens with one attached hydrogen (secondary N) is 5. The fourth-order valence-electron chi connectivity index (χ4n) is 7.92. The molecule has 4 bridgehead atoms. The van der Waals surface area contributed by atoms with Gasteiger partial charge in [-0.25, -0.2) is 0 Å². The number of benzene rings is 2. The molecule has 2 aromatic rings. The summed E-state index contributed by atoms with van der Waals surface area (Å²) in [7, 11) is 1.31. The number of likely N-dealkylation sites (N-methyl/N-ethyl adjacent to an activating group) is 1. The van der Waals surface area contributed by atoms with Crippen LogP contribution >= 0.6 is 0 Å². The number of unbranched alkanes of at least 4 members (excludes halogenated alkanes) is 5. The van der Waals surface area contributed by atoms with Gasteiger partial charge in [0.2, 0.25) is 35.4 Å². The fraction of sp³-hybridized carbons (Fsp3) is 0.545. The molecule has 2 aromatic carbocycles. The highest BCUT2D eigenvalue weighted by atomic mass is 16.3. The molecule has 1 saturated heterocycles. The van der Waals surface area contributed by atoms with Gasteiger partial charge in [-0.2, -0.15) is 0 Å². The molecule has 8 amide bonds. The van der Waals surface area contributed by atoms with Gasteiger partial charge in [0.05, 0.1) is 0 Å². The van der Waals surface area contributed by atoms with Crippen molar-refractivity contribution in [2.45, 2.75) is 127 Å². The average molecular weight is 908 g/mol. The summed E-state index contributed by atoms with van der Waals surface area (Å²) in [5.74, 6) is -6.51. The summed E-state index contributed by atoms with van der Waals surface area (Å²) in [5, 5.41) is 34.9. The number of hydrogen-bond acceptors (Lipinski definition) is 13. The SMILES string of the molecule is CCCCCCCC(=O)NCCC(=O)N[C@@H](CCCCN)C(=O)N(C)[C@@H]1C(=O)N[C@@H](N)C(=O)N[C@H](C(=O)N[C@@H](N)C(=O)N2CCC[C@H]2C(N)=O)Cc2ccc(O)c(c2)-c2cc1ccc2O. The standard InChI is InChI=1S/C44H65N11O10/c1-3-4-5-6-7-13-34(58)49-20-18-35(59)50-29(11-8-9-19-45)43(64)54(2)36-26-15-17-33(57)28(24-26)27-22-25(14-16-32(27)56)23-30(51-42(63)37(46)52-41(36)62)40(61)53-38(47)44(65)55-21-10-12-31(55)39(48)60/h14-17,22,24,29-31,36-38,56-57H,3-13,18-21,23,45-47H2,1-2H3,(H2,48,60)(H,49,58)(H,50,59)(H,51,63)(H,52,62)(H,53,61)/t29-,30-,31-,36-,37+,38+/m0/s1. The van der Waals surface area contributed by atoms with Crippen LogP contribution in [0.5, 0.6) is 11.5 Å². The maximum absolute atomic E-state index is 14.4. The second-order valence-corrected chi connectivity index (χ2v) is 16.5. The first-order valence-corrected chi connectivity index (χ1v) is 22.2. The van der Waals surface area contributed by atoms with Crippen molar-refractivity contribution in [3.63, 3.8) is 0 Å². The second kappa shape index (κ2) is 24.7. The van der Waals surface area contributed by atoms with Crippen molar-refractivity contribution in [1.82, 2.24) is 36.4 Å². The molecule has 65 heavy (non-hydrogen) atoms. The van der Waals surface area contributed by atoms with Crippen LogP contribution in [-0.4, -0.2) is 124 Å². The Hall–Kier alpha value is -6.32. The van der Waals surface area contributed by atoms with E-state index in [1.165, 1.54) is 48.3 Å². The minimum Gasteiger partial charge on any atom is -0.507 e. The number of nitrogens with zero attached hydrogens (tertiary/aromatic N) is 2. The van der Waals surface area contributed by atoms with Crippen LogP contribution in [0.3, 0.4) is 0 Å². The first-order chi connectivity index (χ1) is 31.0. The van der Waals surface area contributed by atoms with Crippen LogP contribution in [0.15, 0.2) is 36.4 Å². The van der Waals surface area contributed by atoms with E-state index in [1.807, 2.05) is 0 Å². The summed E-state index contributed by atoms with van der Waals surface area (Å²) in [6.07, 6.45) is 3.27. The number of carbonyl (C=O) groups is 8. The highest BCUT2D eigenvalue weighted by Gasteiger charge is 2.38. The van der Waals surface area contributed by atoms with Crippen molar-refractivity contribution in [2.75, 3.05) is 26.7 Å². The van der Waals surface area contributed by atoms with Gasteiger partial charge >= 0.3 is 0 Å². The zero-order chi connectivity index (χ0) is 47.8. The van der Waals surface area contributed by atoms with E-state index in [1.54, 1.807) is 0 Å². The zero-order valence-electron chi connectivity index (χ0n) is 37.1. The number of hydrogen-bond donors (Lipinski definition) is 11. The molecule has 15 N–H and O–H groups in total. The molecule has 356 valence electrons. The maximum atomic E-state index is 14.4. The number of primary amides is 1. The average Bonchev–Trinajstić information content (AvgIpc) is 3.77. The number of phenolic OH excluding ortho intramolecular Hbond substituents is 2. The van der Waals surface area contributed by atoms with Gasteiger partial charge in [-0.1, -0.05) is 44.7 Å². The Morgan fingerprint density at radius 1 is 0.877 bits per heavy atom. The smallest absolute Gasteiger partial charge is 0.260 e. The summed E-state index contributed by atoms with van der Waals surface area (Å²) in [6, 6.07) is 3.09. The van der Waals surface area contributed by atoms with Crippen LogP contribution in [0.4, 0.5) is 0 Å². The van der Waals surface area contributed by atoms with Crippen molar-refractivity contribution in [1.29, 1.82) is 0 Å². The first-order valence-electron chi connectivity index (χ1n) is 22.2. The Bertz CT molecular complexity index is 2050. The Labute approximate surface area is 378 Å². The van der Waals surface area contributed by atoms with Gasteiger partial charge in [0.1, 0.15) is 35.7 Å². The lowest BCUT2D eigenvalue weighted by molar-refractivity contribution is -0.143. The Kier molecular flexibility index (Phi) is 19.5. The van der Waals surface area contributed by atoms with Crippen molar-refractivity contribution in [3.8, 4) is 22.6 Å². The molecule has 2 heterocycles. The van der Waals surface area contributed by atoms with Crippen LogP contribution in [0.2, 0.25) is 0 Å². The fourth-order valence-corrected chi connectivity index (χ4v) is 7.92. The third-order valence-corrected chi connectivity index (χ3v) is 11.5. The van der Waals surface area contributed by atoms with E-state index >= 15 is 0 Å². The van der Waals surface area contributed by atoms with Crippen LogP contribution in [0.25, 0.3) is 11.1 Å². The zero-order valence-corrected chi connectivity index (χ0v) is 37.1. The van der Waals surface area contributed by atoms with E-state index < -0.39 is 77.8 Å². The minimum atomic E-state index is -1.82. The van der Waals surface area contributed by atoms with E-state index in [0.717, 1.165) is 37.0 Å². The van der Waals surface area contributed by atoms with Crippen molar-refractivity contribution in [3.05, 3.63) is 47.5 Å². The van der Waals surface area contributed by atoms with Crippen molar-refractivity contribution in [2.24, 2.45) is 22.9 Å². The molecule has 21 nitrogen and oxygen atoms in total. The van der Waals surface area contributed by atoms with Crippen molar-refractivity contribution >= 4 is 47.3 Å². The third-order valence-electron chi connectivity index (χ3n) is 11.5. The Morgan fingerprint density at radius 2 is 1.57 bits per heavy atom. The summed E-state index contributed by atoms with van der Waals surface area (Å²) < 4.78 is 0. The summed E-state index contributed by atoms with van der Waals surface area (Å²) >= 11 is 0. The maximum Gasteiger partial charge on any atom is 0.260 e. The molecule has 1 fully saturated rings. The molecular formula is C44H65N11O10. The van der Waals surface area contributed by atoms with Crippen LogP contribution in [0.1, 0.15) is 101 Å². The molecule has 0 unspecified atom stereocenters. The predicted octanol–water partition coefficient (Wildman–Crippen LogP) is -0.936. The topological polar surface area (TPSA) is 348 Å². The summed E-state index contributed by atoms with van der Waals surface area (Å²) in [4.78, 5) is 109. The van der Waals surface area contributed by atoms with Gasteiger partial charge < -0.3 is 69.5 Å². The molecule has 4 rings (SSSR count). The number of fused-ring (bicyclic) bond motifs is 5. The largest absolute Gasteiger partial charge is 0.507 e. The van der Waals surface area contributed by atoms with Gasteiger partial charge in [-0.15, -0.1) is 0 Å². The lowest BCUT2D eigenvalue weighted by Crippen LogP contribution is -2.62. The molecular weight excluding hydrogens is 843 g/mol. The van der Waals surface area contributed by atoms with E-state index in [-0.39, 0.29) is 66.4 Å². The van der Waals surface area contributed by atoms with Gasteiger partial charge in [0, 0.05) is 50.5 Å². The molecule has 2 aliphatic heterocycles. The second-order valence-electron chi connectivity index (χ2n) is 16.5. The number of rotatable bonds is 20. The number of aromatic hydroxyl groups is 2. The lowest BCUT2D eigenvalue weighted by atomic mass is 9.93. The number of likely N-dealkylation sites (tertiary alicyclic amines) is 1. The molecule has 0 saturated carbocycles. The minimum absolute atomic E-state index is 0.0323. The van der Waals surface area contributed by atoms with E-state index in [2.05, 4.69) is 33.5 Å². The number of carbonyl (C=O) groups excluding carboxylic acids is 8. The van der Waals surface area contributed by atoms with Crippen LogP contribution in [-0.2, 0) is 44.8 Å². The quantitative estimate of drug-likeness (QED) is 0.0566. The lowest BCUT2D eigenvalue weighted by Gasteiger charge is -2.32. The van der Waals surface area contributed by atoms with Crippen molar-refractivity contribution < 1.29 is 48.6 Å². The molecule has 6 atom stereocenters. The summed E-state index contributed by atoms with van der Waals surface area (Å²) in [5.41, 5.74) is 24.1. The van der Waals surface area contributed by atoms with Gasteiger partial charge in [0.15, 0.2) is 12.3 Å². The Balaban J connectivity index is 1.61. The molecule has 0 radical (unpaired) electrons. The number of phenols is 2. The molecule has 21 heteroatoms. The highest BCUT2D eigenvalue weighted by Crippen LogP contribution is 2.39. The molecule has 0 aliphatic carbocycles. The summed E-state index contributed by atoms with van der Waals surface area (Å²) in [6.45, 7) is 2.64. The molecule has 0 aromatic heterocycles. The predicted molar refractivity (Wildman–Crippen MR) is 238 cm³/mol. The van der Waals surface area contributed by atoms with E-state index in [9.17, 15) is 48.6 Å². The van der Waals surface area contributed by atoms with E-state index in [4.69, 9.17) is 22.9 Å². The van der Waals surface area contributed by atoms with Gasteiger partial charge in [-0.3, -0.25) is 38.4 Å². The van der Waals surface area contributed by atoms with E-state index in [0.29, 0.717) is 44.2 Å².